The number of rotatable bonds is 5. The monoisotopic (exact) mass is 341 g/mol. The predicted octanol–water partition coefficient (Wildman–Crippen LogP) is 1.96. The van der Waals surface area contributed by atoms with Crippen LogP contribution in [0.25, 0.3) is 0 Å². The van der Waals surface area contributed by atoms with Gasteiger partial charge in [0.25, 0.3) is 5.91 Å². The third-order valence-electron chi connectivity index (χ3n) is 3.86. The summed E-state index contributed by atoms with van der Waals surface area (Å²) in [6.07, 6.45) is 1.57. The van der Waals surface area contributed by atoms with Crippen molar-refractivity contribution in [3.63, 3.8) is 0 Å². The normalized spacial score (nSPS) is 21.0. The number of carbonyl (C=O) groups is 2. The molecule has 2 heterocycles. The van der Waals surface area contributed by atoms with Crippen molar-refractivity contribution in [1.29, 1.82) is 0 Å². The van der Waals surface area contributed by atoms with Crippen molar-refractivity contribution in [2.75, 3.05) is 13.7 Å². The highest BCUT2D eigenvalue weighted by Gasteiger charge is 2.38. The summed E-state index contributed by atoms with van der Waals surface area (Å²) in [6.45, 7) is 4.16. The highest BCUT2D eigenvalue weighted by Crippen LogP contribution is 2.26. The summed E-state index contributed by atoms with van der Waals surface area (Å²) in [5, 5.41) is 9.21. The molecule has 0 radical (unpaired) electrons. The smallest absolute Gasteiger partial charge is 0.305 e. The number of methoxy groups -OCH3 is 1. The Labute approximate surface area is 139 Å². The molecule has 2 rings (SSSR count). The van der Waals surface area contributed by atoms with Crippen molar-refractivity contribution in [3.8, 4) is 0 Å². The largest absolute Gasteiger partial charge is 0.481 e. The lowest BCUT2D eigenvalue weighted by atomic mass is 10.1. The highest BCUT2D eigenvalue weighted by atomic mass is 35.5. The van der Waals surface area contributed by atoms with Gasteiger partial charge in [0, 0.05) is 25.6 Å². The number of aromatic nitrogens is 2. The van der Waals surface area contributed by atoms with Gasteiger partial charge < -0.3 is 14.7 Å². The van der Waals surface area contributed by atoms with Gasteiger partial charge in [0.1, 0.15) is 5.82 Å². The number of hydrogen-bond donors (Lipinski definition) is 1. The van der Waals surface area contributed by atoms with E-state index in [1.54, 1.807) is 7.11 Å². The highest BCUT2D eigenvalue weighted by molar-refractivity contribution is 6.33. The molecule has 0 spiro atoms. The average molecular weight is 342 g/mol. The standard InChI is InChI=1S/C15H20ClN3O4/c1-8(2)14-17-6-11(16)13(18-14)15(22)19-7-10(23-3)4-9(19)5-12(20)21/h6,8-10H,4-5,7H2,1-3H3,(H,20,21). The lowest BCUT2D eigenvalue weighted by Crippen LogP contribution is -2.38. The first-order chi connectivity index (χ1) is 10.8. The maximum Gasteiger partial charge on any atom is 0.305 e. The first-order valence-electron chi connectivity index (χ1n) is 7.41. The van der Waals surface area contributed by atoms with E-state index >= 15 is 0 Å². The molecule has 7 nitrogen and oxygen atoms in total. The van der Waals surface area contributed by atoms with Crippen molar-refractivity contribution in [3.05, 3.63) is 22.7 Å². The molecule has 1 aliphatic rings. The fourth-order valence-electron chi connectivity index (χ4n) is 2.63. The van der Waals surface area contributed by atoms with Crippen LogP contribution in [-0.4, -0.2) is 57.7 Å². The second kappa shape index (κ2) is 7.23. The van der Waals surface area contributed by atoms with Crippen LogP contribution in [0.2, 0.25) is 5.02 Å². The Balaban J connectivity index is 2.30. The Kier molecular flexibility index (Phi) is 5.54. The topological polar surface area (TPSA) is 92.6 Å². The number of carbonyl (C=O) groups excluding carboxylic acids is 1. The van der Waals surface area contributed by atoms with Crippen LogP contribution in [0.15, 0.2) is 6.20 Å². The molecule has 0 saturated carbocycles. The van der Waals surface area contributed by atoms with Gasteiger partial charge in [-0.1, -0.05) is 25.4 Å². The summed E-state index contributed by atoms with van der Waals surface area (Å²) >= 11 is 6.08. The van der Waals surface area contributed by atoms with Gasteiger partial charge in [-0.3, -0.25) is 9.59 Å². The van der Waals surface area contributed by atoms with Gasteiger partial charge in [-0.05, 0) is 6.42 Å². The van der Waals surface area contributed by atoms with Crippen molar-refractivity contribution in [1.82, 2.24) is 14.9 Å². The molecular formula is C15H20ClN3O4. The molecule has 0 bridgehead atoms. The number of hydrogen-bond acceptors (Lipinski definition) is 5. The number of carboxylic acids is 1. The quantitative estimate of drug-likeness (QED) is 0.880. The number of amides is 1. The van der Waals surface area contributed by atoms with Crippen LogP contribution >= 0.6 is 11.6 Å². The van der Waals surface area contributed by atoms with Crippen LogP contribution in [-0.2, 0) is 9.53 Å². The van der Waals surface area contributed by atoms with Crippen molar-refractivity contribution in [2.45, 2.75) is 44.8 Å². The van der Waals surface area contributed by atoms with E-state index in [4.69, 9.17) is 21.4 Å². The first-order valence-corrected chi connectivity index (χ1v) is 7.79. The van der Waals surface area contributed by atoms with Gasteiger partial charge in [-0.15, -0.1) is 0 Å². The fraction of sp³-hybridized carbons (Fsp3) is 0.600. The minimum atomic E-state index is -0.957. The van der Waals surface area contributed by atoms with Gasteiger partial charge >= 0.3 is 5.97 Å². The second-order valence-electron chi connectivity index (χ2n) is 5.88. The van der Waals surface area contributed by atoms with Gasteiger partial charge in [-0.2, -0.15) is 0 Å². The summed E-state index contributed by atoms with van der Waals surface area (Å²) in [5.41, 5.74) is 0.109. The zero-order valence-corrected chi connectivity index (χ0v) is 14.1. The summed E-state index contributed by atoms with van der Waals surface area (Å²) in [6, 6.07) is -0.432. The number of aliphatic carboxylic acids is 1. The Hall–Kier alpha value is -1.73. The molecular weight excluding hydrogens is 322 g/mol. The van der Waals surface area contributed by atoms with Gasteiger partial charge in [0.15, 0.2) is 5.69 Å². The zero-order valence-electron chi connectivity index (χ0n) is 13.3. The molecule has 1 amide bonds. The van der Waals surface area contributed by atoms with Crippen LogP contribution in [0.1, 0.15) is 48.9 Å². The Morgan fingerprint density at radius 3 is 2.78 bits per heavy atom. The van der Waals surface area contributed by atoms with Crippen molar-refractivity contribution < 1.29 is 19.4 Å². The van der Waals surface area contributed by atoms with Crippen molar-refractivity contribution in [2.24, 2.45) is 0 Å². The third kappa shape index (κ3) is 3.97. The third-order valence-corrected chi connectivity index (χ3v) is 4.14. The average Bonchev–Trinajstić information content (AvgIpc) is 2.89. The number of carboxylic acid groups (broad SMARTS) is 1. The van der Waals surface area contributed by atoms with Gasteiger partial charge in [0.2, 0.25) is 0 Å². The summed E-state index contributed by atoms with van der Waals surface area (Å²) < 4.78 is 5.28. The van der Waals surface area contributed by atoms with Crippen LogP contribution in [0.3, 0.4) is 0 Å². The van der Waals surface area contributed by atoms with E-state index in [0.29, 0.717) is 18.8 Å². The maximum atomic E-state index is 12.8. The molecule has 0 aromatic carbocycles. The van der Waals surface area contributed by atoms with Gasteiger partial charge in [0.05, 0.1) is 23.7 Å². The van der Waals surface area contributed by atoms with E-state index < -0.39 is 12.0 Å². The summed E-state index contributed by atoms with van der Waals surface area (Å²) in [4.78, 5) is 33.7. The Morgan fingerprint density at radius 2 is 2.22 bits per heavy atom. The van der Waals surface area contributed by atoms with Crippen molar-refractivity contribution >= 4 is 23.5 Å². The molecule has 2 atom stereocenters. The van der Waals surface area contributed by atoms with E-state index in [1.165, 1.54) is 11.1 Å². The summed E-state index contributed by atoms with van der Waals surface area (Å²) in [7, 11) is 1.55. The van der Waals surface area contributed by atoms with E-state index in [-0.39, 0.29) is 35.1 Å². The Bertz CT molecular complexity index is 608. The molecule has 23 heavy (non-hydrogen) atoms. The van der Waals surface area contributed by atoms with E-state index in [2.05, 4.69) is 9.97 Å². The minimum Gasteiger partial charge on any atom is -0.481 e. The SMILES string of the molecule is COC1CC(CC(=O)O)N(C(=O)c2nc(C(C)C)ncc2Cl)C1. The van der Waals surface area contributed by atoms with Crippen LogP contribution < -0.4 is 0 Å². The lowest BCUT2D eigenvalue weighted by molar-refractivity contribution is -0.138. The second-order valence-corrected chi connectivity index (χ2v) is 6.29. The van der Waals surface area contributed by atoms with Crippen LogP contribution in [0, 0.1) is 0 Å². The van der Waals surface area contributed by atoms with Gasteiger partial charge in [-0.25, -0.2) is 9.97 Å². The van der Waals surface area contributed by atoms with E-state index in [0.717, 1.165) is 0 Å². The predicted molar refractivity (Wildman–Crippen MR) is 83.6 cm³/mol. The fourth-order valence-corrected chi connectivity index (χ4v) is 2.81. The molecule has 2 unspecified atom stereocenters. The number of nitrogens with zero attached hydrogens (tertiary/aromatic N) is 3. The summed E-state index contributed by atoms with van der Waals surface area (Å²) in [5.74, 6) is -0.764. The minimum absolute atomic E-state index is 0.0546. The maximum absolute atomic E-state index is 12.8. The van der Waals surface area contributed by atoms with E-state index in [9.17, 15) is 9.59 Å². The number of likely N-dealkylation sites (tertiary alicyclic amines) is 1. The molecule has 126 valence electrons. The molecule has 1 aromatic rings. The number of ether oxygens (including phenoxy) is 1. The lowest BCUT2D eigenvalue weighted by Gasteiger charge is -2.23. The molecule has 1 fully saturated rings. The molecule has 8 heteroatoms. The van der Waals surface area contributed by atoms with Crippen LogP contribution in [0.4, 0.5) is 0 Å². The molecule has 1 saturated heterocycles. The Morgan fingerprint density at radius 1 is 1.52 bits per heavy atom. The molecule has 1 aromatic heterocycles. The number of halogens is 1. The molecule has 1 aliphatic heterocycles. The van der Waals surface area contributed by atoms with E-state index in [1.807, 2.05) is 13.8 Å². The molecule has 1 N–H and O–H groups in total. The molecule has 0 aliphatic carbocycles. The zero-order chi connectivity index (χ0) is 17.1. The van der Waals surface area contributed by atoms with Crippen LogP contribution in [0.5, 0.6) is 0 Å². The first kappa shape index (κ1) is 17.6.